The molecule has 0 aliphatic carbocycles. The van der Waals surface area contributed by atoms with Gasteiger partial charge in [0.15, 0.2) is 5.96 Å². The van der Waals surface area contributed by atoms with Crippen molar-refractivity contribution in [2.75, 3.05) is 57.8 Å². The number of amides is 1. The number of rotatable bonds is 10. The van der Waals surface area contributed by atoms with Gasteiger partial charge in [-0.3, -0.25) is 9.79 Å². The van der Waals surface area contributed by atoms with Gasteiger partial charge in [0.2, 0.25) is 5.91 Å². The third-order valence-corrected chi connectivity index (χ3v) is 5.19. The number of anilines is 1. The molecule has 1 aliphatic heterocycles. The minimum atomic E-state index is 0.182. The van der Waals surface area contributed by atoms with Gasteiger partial charge in [-0.25, -0.2) is 0 Å². The maximum Gasteiger partial charge on any atom is 0.224 e. The summed E-state index contributed by atoms with van der Waals surface area (Å²) in [5.41, 5.74) is 1.22. The zero-order valence-corrected chi connectivity index (χ0v) is 18.3. The number of piperazine rings is 1. The van der Waals surface area contributed by atoms with Crippen molar-refractivity contribution in [2.45, 2.75) is 19.4 Å². The van der Waals surface area contributed by atoms with Crippen LogP contribution in [0.1, 0.15) is 18.6 Å². The molecule has 31 heavy (non-hydrogen) atoms. The SMILES string of the molecule is CN=C(NCCCOCc1ccco1)NCCC(=O)N1CCN(c2ccccc2)CC1. The first-order chi connectivity index (χ1) is 15.3. The van der Waals surface area contributed by atoms with Crippen LogP contribution in [0.4, 0.5) is 5.69 Å². The summed E-state index contributed by atoms with van der Waals surface area (Å²) in [6, 6.07) is 14.1. The normalized spacial score (nSPS) is 14.5. The van der Waals surface area contributed by atoms with Gasteiger partial charge in [0.05, 0.1) is 6.26 Å². The van der Waals surface area contributed by atoms with Crippen LogP contribution < -0.4 is 15.5 Å². The number of benzene rings is 1. The van der Waals surface area contributed by atoms with Crippen LogP contribution in [0.25, 0.3) is 0 Å². The Kier molecular flexibility index (Phi) is 9.25. The quantitative estimate of drug-likeness (QED) is 0.343. The maximum atomic E-state index is 12.5. The Hall–Kier alpha value is -3.00. The van der Waals surface area contributed by atoms with Crippen LogP contribution in [0.5, 0.6) is 0 Å². The van der Waals surface area contributed by atoms with Crippen molar-refractivity contribution in [3.05, 3.63) is 54.5 Å². The van der Waals surface area contributed by atoms with Gasteiger partial charge in [-0.1, -0.05) is 18.2 Å². The minimum absolute atomic E-state index is 0.182. The minimum Gasteiger partial charge on any atom is -0.467 e. The van der Waals surface area contributed by atoms with E-state index in [2.05, 4.69) is 32.7 Å². The Labute approximate surface area is 184 Å². The second-order valence-corrected chi connectivity index (χ2v) is 7.36. The molecule has 8 heteroatoms. The molecule has 0 bridgehead atoms. The number of furan rings is 1. The zero-order chi connectivity index (χ0) is 21.7. The van der Waals surface area contributed by atoms with E-state index in [9.17, 15) is 4.79 Å². The van der Waals surface area contributed by atoms with Crippen molar-refractivity contribution in [1.29, 1.82) is 0 Å². The number of hydrogen-bond donors (Lipinski definition) is 2. The molecule has 3 rings (SSSR count). The van der Waals surface area contributed by atoms with Crippen LogP contribution in [0, 0.1) is 0 Å². The summed E-state index contributed by atoms with van der Waals surface area (Å²) in [6.07, 6.45) is 2.95. The average Bonchev–Trinajstić information content (AvgIpc) is 3.34. The number of aliphatic imine (C=N–C) groups is 1. The van der Waals surface area contributed by atoms with Crippen LogP contribution in [-0.2, 0) is 16.1 Å². The second-order valence-electron chi connectivity index (χ2n) is 7.36. The summed E-state index contributed by atoms with van der Waals surface area (Å²) in [7, 11) is 1.73. The molecule has 0 atom stereocenters. The lowest BCUT2D eigenvalue weighted by Crippen LogP contribution is -2.49. The fraction of sp³-hybridized carbons (Fsp3) is 0.478. The molecule has 0 saturated carbocycles. The van der Waals surface area contributed by atoms with E-state index in [4.69, 9.17) is 9.15 Å². The molecular formula is C23H33N5O3. The van der Waals surface area contributed by atoms with Gasteiger partial charge in [-0.2, -0.15) is 0 Å². The van der Waals surface area contributed by atoms with Gasteiger partial charge in [-0.15, -0.1) is 0 Å². The Morgan fingerprint density at radius 1 is 1.06 bits per heavy atom. The molecule has 0 radical (unpaired) electrons. The summed E-state index contributed by atoms with van der Waals surface area (Å²) in [6.45, 7) is 5.69. The number of guanidine groups is 1. The third-order valence-electron chi connectivity index (χ3n) is 5.19. The number of para-hydroxylation sites is 1. The van der Waals surface area contributed by atoms with Crippen molar-refractivity contribution >= 4 is 17.6 Å². The summed E-state index contributed by atoms with van der Waals surface area (Å²) >= 11 is 0. The van der Waals surface area contributed by atoms with Crippen LogP contribution >= 0.6 is 0 Å². The molecule has 0 unspecified atom stereocenters. The summed E-state index contributed by atoms with van der Waals surface area (Å²) in [4.78, 5) is 21.0. The van der Waals surface area contributed by atoms with E-state index in [-0.39, 0.29) is 5.91 Å². The third kappa shape index (κ3) is 7.64. The smallest absolute Gasteiger partial charge is 0.224 e. The predicted octanol–water partition coefficient (Wildman–Crippen LogP) is 2.09. The van der Waals surface area contributed by atoms with Crippen molar-refractivity contribution < 1.29 is 13.9 Å². The Morgan fingerprint density at radius 3 is 2.55 bits per heavy atom. The molecule has 168 valence electrons. The van der Waals surface area contributed by atoms with Gasteiger partial charge in [0, 0.05) is 65.0 Å². The number of carbonyl (C=O) groups excluding carboxylic acids is 1. The van der Waals surface area contributed by atoms with E-state index < -0.39 is 0 Å². The van der Waals surface area contributed by atoms with E-state index in [1.165, 1.54) is 5.69 Å². The molecule has 1 fully saturated rings. The predicted molar refractivity (Wildman–Crippen MR) is 122 cm³/mol. The first-order valence-electron chi connectivity index (χ1n) is 10.9. The first-order valence-corrected chi connectivity index (χ1v) is 10.9. The summed E-state index contributed by atoms with van der Waals surface area (Å²) < 4.78 is 10.8. The lowest BCUT2D eigenvalue weighted by Gasteiger charge is -2.36. The maximum absolute atomic E-state index is 12.5. The highest BCUT2D eigenvalue weighted by molar-refractivity contribution is 5.81. The van der Waals surface area contributed by atoms with E-state index in [1.807, 2.05) is 35.2 Å². The largest absolute Gasteiger partial charge is 0.467 e. The monoisotopic (exact) mass is 427 g/mol. The number of ether oxygens (including phenoxy) is 1. The van der Waals surface area contributed by atoms with E-state index in [1.54, 1.807) is 13.3 Å². The molecule has 1 saturated heterocycles. The van der Waals surface area contributed by atoms with Crippen LogP contribution in [0.3, 0.4) is 0 Å². The van der Waals surface area contributed by atoms with Crippen LogP contribution in [-0.4, -0.2) is 69.7 Å². The molecule has 1 amide bonds. The average molecular weight is 428 g/mol. The van der Waals surface area contributed by atoms with E-state index in [0.717, 1.165) is 44.9 Å². The van der Waals surface area contributed by atoms with E-state index >= 15 is 0 Å². The Balaban J connectivity index is 1.24. The zero-order valence-electron chi connectivity index (χ0n) is 18.3. The highest BCUT2D eigenvalue weighted by Gasteiger charge is 2.20. The number of nitrogens with one attached hydrogen (secondary N) is 2. The molecule has 1 aromatic carbocycles. The van der Waals surface area contributed by atoms with Crippen molar-refractivity contribution in [3.8, 4) is 0 Å². The number of nitrogens with zero attached hydrogens (tertiary/aromatic N) is 3. The molecule has 2 heterocycles. The van der Waals surface area contributed by atoms with Gasteiger partial charge in [0.25, 0.3) is 0 Å². The summed E-state index contributed by atoms with van der Waals surface area (Å²) in [5.74, 6) is 1.71. The highest BCUT2D eigenvalue weighted by Crippen LogP contribution is 2.15. The van der Waals surface area contributed by atoms with Gasteiger partial charge >= 0.3 is 0 Å². The molecular weight excluding hydrogens is 394 g/mol. The molecule has 8 nitrogen and oxygen atoms in total. The fourth-order valence-corrected chi connectivity index (χ4v) is 3.47. The fourth-order valence-electron chi connectivity index (χ4n) is 3.47. The van der Waals surface area contributed by atoms with Crippen molar-refractivity contribution in [1.82, 2.24) is 15.5 Å². The van der Waals surface area contributed by atoms with E-state index in [0.29, 0.717) is 32.1 Å². The summed E-state index contributed by atoms with van der Waals surface area (Å²) in [5, 5.41) is 6.46. The molecule has 2 N–H and O–H groups in total. The molecule has 1 aromatic heterocycles. The van der Waals surface area contributed by atoms with Gasteiger partial charge in [0.1, 0.15) is 12.4 Å². The van der Waals surface area contributed by atoms with Crippen molar-refractivity contribution in [2.24, 2.45) is 4.99 Å². The molecule has 2 aromatic rings. The highest BCUT2D eigenvalue weighted by atomic mass is 16.5. The van der Waals surface area contributed by atoms with Crippen LogP contribution in [0.2, 0.25) is 0 Å². The molecule has 0 spiro atoms. The second kappa shape index (κ2) is 12.6. The van der Waals surface area contributed by atoms with Crippen LogP contribution in [0.15, 0.2) is 58.1 Å². The Bertz CT molecular complexity index is 787. The Morgan fingerprint density at radius 2 is 1.84 bits per heavy atom. The van der Waals surface area contributed by atoms with Gasteiger partial charge in [-0.05, 0) is 30.7 Å². The topological polar surface area (TPSA) is 82.3 Å². The lowest BCUT2D eigenvalue weighted by molar-refractivity contribution is -0.131. The number of carbonyl (C=O) groups is 1. The first kappa shape index (κ1) is 22.7. The number of hydrogen-bond acceptors (Lipinski definition) is 5. The molecule has 1 aliphatic rings. The van der Waals surface area contributed by atoms with Gasteiger partial charge < -0.3 is 29.6 Å². The standard InChI is InChI=1S/C23H33N5O3/c1-24-23(25-11-6-17-30-19-21-9-5-18-31-21)26-12-10-22(29)28-15-13-27(14-16-28)20-7-3-2-4-8-20/h2-5,7-9,18H,6,10-17,19H2,1H3,(H2,24,25,26). The van der Waals surface area contributed by atoms with Crippen molar-refractivity contribution in [3.63, 3.8) is 0 Å². The lowest BCUT2D eigenvalue weighted by atomic mass is 10.2.